The van der Waals surface area contributed by atoms with Gasteiger partial charge < -0.3 is 16.0 Å². The summed E-state index contributed by atoms with van der Waals surface area (Å²) in [6, 6.07) is 7.71. The summed E-state index contributed by atoms with van der Waals surface area (Å²) < 4.78 is 0.974. The van der Waals surface area contributed by atoms with E-state index < -0.39 is 0 Å². The minimum Gasteiger partial charge on any atom is -0.368 e. The molecule has 1 aromatic heterocycles. The van der Waals surface area contributed by atoms with Gasteiger partial charge in [0.2, 0.25) is 17.8 Å². The van der Waals surface area contributed by atoms with Crippen molar-refractivity contribution in [1.29, 1.82) is 0 Å². The lowest BCUT2D eigenvalue weighted by atomic mass is 10.3. The molecule has 2 rings (SSSR count). The summed E-state index contributed by atoms with van der Waals surface area (Å²) in [5, 5.41) is 3.08. The third-order valence-corrected chi connectivity index (χ3v) is 2.61. The van der Waals surface area contributed by atoms with Crippen LogP contribution in [0.15, 0.2) is 28.7 Å². The zero-order valence-electron chi connectivity index (χ0n) is 10.1. The Hall–Kier alpha value is -1.89. The van der Waals surface area contributed by atoms with Crippen molar-refractivity contribution in [2.45, 2.75) is 0 Å². The number of rotatable bonds is 3. The van der Waals surface area contributed by atoms with Crippen LogP contribution in [0.3, 0.4) is 0 Å². The Morgan fingerprint density at radius 1 is 1.22 bits per heavy atom. The molecule has 18 heavy (non-hydrogen) atoms. The van der Waals surface area contributed by atoms with Gasteiger partial charge in [-0.25, -0.2) is 0 Å². The van der Waals surface area contributed by atoms with Crippen LogP contribution in [0.1, 0.15) is 0 Å². The fourth-order valence-corrected chi connectivity index (χ4v) is 1.73. The minimum atomic E-state index is 0.186. The van der Waals surface area contributed by atoms with E-state index in [0.29, 0.717) is 11.9 Å². The van der Waals surface area contributed by atoms with Crippen LogP contribution in [0.4, 0.5) is 23.5 Å². The number of hydrogen-bond donors (Lipinski definition) is 2. The first-order valence-corrected chi connectivity index (χ1v) is 6.05. The van der Waals surface area contributed by atoms with Gasteiger partial charge in [0.05, 0.1) is 0 Å². The van der Waals surface area contributed by atoms with Crippen LogP contribution in [-0.4, -0.2) is 29.0 Å². The van der Waals surface area contributed by atoms with E-state index in [1.165, 1.54) is 0 Å². The van der Waals surface area contributed by atoms with Crippen LogP contribution in [0, 0.1) is 0 Å². The van der Waals surface area contributed by atoms with E-state index in [9.17, 15) is 0 Å². The normalized spacial score (nSPS) is 10.2. The third-order valence-electron chi connectivity index (χ3n) is 2.12. The van der Waals surface area contributed by atoms with Crippen LogP contribution >= 0.6 is 15.9 Å². The molecule has 7 heteroatoms. The van der Waals surface area contributed by atoms with Gasteiger partial charge in [0, 0.05) is 24.3 Å². The fraction of sp³-hybridized carbons (Fsp3) is 0.182. The molecule has 0 radical (unpaired) electrons. The Morgan fingerprint density at radius 2 is 2.00 bits per heavy atom. The van der Waals surface area contributed by atoms with E-state index in [1.54, 1.807) is 4.90 Å². The highest BCUT2D eigenvalue weighted by molar-refractivity contribution is 9.10. The molecule has 0 bridgehead atoms. The quantitative estimate of drug-likeness (QED) is 0.903. The molecule has 94 valence electrons. The molecule has 0 amide bonds. The Morgan fingerprint density at radius 3 is 2.67 bits per heavy atom. The van der Waals surface area contributed by atoms with Crippen molar-refractivity contribution in [3.63, 3.8) is 0 Å². The average molecular weight is 309 g/mol. The Labute approximate surface area is 113 Å². The summed E-state index contributed by atoms with van der Waals surface area (Å²) in [5.74, 6) is 1.12. The van der Waals surface area contributed by atoms with Gasteiger partial charge in [0.15, 0.2) is 0 Å². The summed E-state index contributed by atoms with van der Waals surface area (Å²) in [6.45, 7) is 0. The van der Waals surface area contributed by atoms with Gasteiger partial charge in [0.1, 0.15) is 0 Å². The van der Waals surface area contributed by atoms with Crippen molar-refractivity contribution in [2.75, 3.05) is 30.0 Å². The first kappa shape index (κ1) is 12.6. The van der Waals surface area contributed by atoms with Crippen molar-refractivity contribution in [2.24, 2.45) is 0 Å². The number of anilines is 4. The second-order valence-electron chi connectivity index (χ2n) is 3.85. The zero-order chi connectivity index (χ0) is 13.1. The van der Waals surface area contributed by atoms with Crippen molar-refractivity contribution in [3.8, 4) is 0 Å². The van der Waals surface area contributed by atoms with Crippen molar-refractivity contribution < 1.29 is 0 Å². The van der Waals surface area contributed by atoms with Gasteiger partial charge in [0.25, 0.3) is 0 Å². The lowest BCUT2D eigenvalue weighted by Crippen LogP contribution is -2.15. The van der Waals surface area contributed by atoms with Crippen molar-refractivity contribution >= 4 is 39.5 Å². The number of hydrogen-bond acceptors (Lipinski definition) is 6. The van der Waals surface area contributed by atoms with Crippen LogP contribution in [-0.2, 0) is 0 Å². The van der Waals surface area contributed by atoms with Gasteiger partial charge in [-0.05, 0) is 18.2 Å². The van der Waals surface area contributed by atoms with Gasteiger partial charge in [-0.2, -0.15) is 15.0 Å². The highest BCUT2D eigenvalue weighted by Crippen LogP contribution is 2.19. The smallest absolute Gasteiger partial charge is 0.233 e. The SMILES string of the molecule is CN(C)c1nc(N)nc(Nc2cccc(Br)c2)n1. The molecule has 1 aromatic carbocycles. The second kappa shape index (κ2) is 5.18. The summed E-state index contributed by atoms with van der Waals surface area (Å²) in [4.78, 5) is 14.1. The lowest BCUT2D eigenvalue weighted by molar-refractivity contribution is 0.969. The number of nitrogens with two attached hydrogens (primary N) is 1. The van der Waals surface area contributed by atoms with Gasteiger partial charge >= 0.3 is 0 Å². The first-order valence-electron chi connectivity index (χ1n) is 5.26. The monoisotopic (exact) mass is 308 g/mol. The molecule has 0 aliphatic carbocycles. The second-order valence-corrected chi connectivity index (χ2v) is 4.76. The molecule has 0 saturated carbocycles. The molecule has 0 aliphatic heterocycles. The van der Waals surface area contributed by atoms with Crippen LogP contribution < -0.4 is 16.0 Å². The van der Waals surface area contributed by atoms with Crippen LogP contribution in [0.25, 0.3) is 0 Å². The predicted octanol–water partition coefficient (Wildman–Crippen LogP) is 2.03. The molecule has 0 atom stereocenters. The molecule has 0 unspecified atom stereocenters. The van der Waals surface area contributed by atoms with E-state index in [-0.39, 0.29) is 5.95 Å². The number of nitrogens with zero attached hydrogens (tertiary/aromatic N) is 4. The molecule has 6 nitrogen and oxygen atoms in total. The molecular formula is C11H13BrN6. The van der Waals surface area contributed by atoms with E-state index in [1.807, 2.05) is 38.4 Å². The third kappa shape index (κ3) is 3.07. The molecule has 0 spiro atoms. The van der Waals surface area contributed by atoms with Crippen molar-refractivity contribution in [3.05, 3.63) is 28.7 Å². The first-order chi connectivity index (χ1) is 8.54. The molecule has 0 aliphatic rings. The number of nitrogen functional groups attached to an aromatic ring is 1. The highest BCUT2D eigenvalue weighted by Gasteiger charge is 2.06. The molecule has 0 fully saturated rings. The van der Waals surface area contributed by atoms with Gasteiger partial charge in [-0.3, -0.25) is 0 Å². The average Bonchev–Trinajstić information content (AvgIpc) is 2.28. The maximum absolute atomic E-state index is 5.64. The number of nitrogens with one attached hydrogen (secondary N) is 1. The Kier molecular flexibility index (Phi) is 3.61. The predicted molar refractivity (Wildman–Crippen MR) is 76.0 cm³/mol. The number of aromatic nitrogens is 3. The van der Waals surface area contributed by atoms with Crippen LogP contribution in [0.2, 0.25) is 0 Å². The molecule has 0 saturated heterocycles. The number of halogens is 1. The van der Waals surface area contributed by atoms with Gasteiger partial charge in [-0.1, -0.05) is 22.0 Å². The standard InChI is InChI=1S/C11H13BrN6/c1-18(2)11-16-9(13)15-10(17-11)14-8-5-3-4-7(12)6-8/h3-6H,1-2H3,(H3,13,14,15,16,17). The molecule has 3 N–H and O–H groups in total. The highest BCUT2D eigenvalue weighted by atomic mass is 79.9. The molecular weight excluding hydrogens is 296 g/mol. The largest absolute Gasteiger partial charge is 0.368 e. The van der Waals surface area contributed by atoms with Crippen LogP contribution in [0.5, 0.6) is 0 Å². The zero-order valence-corrected chi connectivity index (χ0v) is 11.6. The number of benzene rings is 1. The van der Waals surface area contributed by atoms with Crippen molar-refractivity contribution in [1.82, 2.24) is 15.0 Å². The van der Waals surface area contributed by atoms with E-state index in [4.69, 9.17) is 5.73 Å². The summed E-state index contributed by atoms with van der Waals surface area (Å²) >= 11 is 3.40. The molecule has 2 aromatic rings. The lowest BCUT2D eigenvalue weighted by Gasteiger charge is -2.12. The van der Waals surface area contributed by atoms with E-state index in [2.05, 4.69) is 36.2 Å². The Balaban J connectivity index is 2.29. The summed E-state index contributed by atoms with van der Waals surface area (Å²) in [5.41, 5.74) is 6.52. The summed E-state index contributed by atoms with van der Waals surface area (Å²) in [6.07, 6.45) is 0. The maximum atomic E-state index is 5.64. The van der Waals surface area contributed by atoms with E-state index >= 15 is 0 Å². The molecule has 1 heterocycles. The topological polar surface area (TPSA) is 80.0 Å². The minimum absolute atomic E-state index is 0.186. The van der Waals surface area contributed by atoms with Gasteiger partial charge in [-0.15, -0.1) is 0 Å². The van der Waals surface area contributed by atoms with E-state index in [0.717, 1.165) is 10.2 Å². The maximum Gasteiger partial charge on any atom is 0.233 e. The fourth-order valence-electron chi connectivity index (χ4n) is 1.33. The summed E-state index contributed by atoms with van der Waals surface area (Å²) in [7, 11) is 3.69. The Bertz CT molecular complexity index is 557.